The van der Waals surface area contributed by atoms with Crippen LogP contribution in [0.2, 0.25) is 0 Å². The lowest BCUT2D eigenvalue weighted by Gasteiger charge is -2.08. The highest BCUT2D eigenvalue weighted by atomic mass is 16.5. The number of carbonyl (C=O) groups is 2. The third-order valence-electron chi connectivity index (χ3n) is 1.74. The van der Waals surface area contributed by atoms with Gasteiger partial charge < -0.3 is 19.5 Å². The molecule has 5 heteroatoms. The van der Waals surface area contributed by atoms with Crippen molar-refractivity contribution in [1.29, 1.82) is 0 Å². The molecule has 0 aromatic carbocycles. The summed E-state index contributed by atoms with van der Waals surface area (Å²) in [6, 6.07) is 0. The summed E-state index contributed by atoms with van der Waals surface area (Å²) in [5.74, 6) is -0.162. The summed E-state index contributed by atoms with van der Waals surface area (Å²) in [6.07, 6.45) is 3.43. The third kappa shape index (κ3) is 15.5. The van der Waals surface area contributed by atoms with E-state index in [4.69, 9.17) is 9.84 Å². The summed E-state index contributed by atoms with van der Waals surface area (Å²) in [5.41, 5.74) is 0. The van der Waals surface area contributed by atoms with Crippen LogP contribution in [0.15, 0.2) is 0 Å². The molecule has 0 aliphatic heterocycles. The van der Waals surface area contributed by atoms with Gasteiger partial charge in [0, 0.05) is 20.1 Å². The highest BCUT2D eigenvalue weighted by Crippen LogP contribution is 1.95. The fraction of sp³-hybridized carbons (Fsp3) is 0.818. The van der Waals surface area contributed by atoms with Crippen LogP contribution in [0.4, 0.5) is 0 Å². The van der Waals surface area contributed by atoms with E-state index in [1.807, 2.05) is 19.0 Å². The molecule has 0 aromatic rings. The molecule has 16 heavy (non-hydrogen) atoms. The topological polar surface area (TPSA) is 66.8 Å². The van der Waals surface area contributed by atoms with Gasteiger partial charge in [0.15, 0.2) is 0 Å². The number of rotatable bonds is 8. The molecule has 0 saturated carbocycles. The van der Waals surface area contributed by atoms with Crippen molar-refractivity contribution in [2.75, 3.05) is 34.4 Å². The zero-order chi connectivity index (χ0) is 12.8. The van der Waals surface area contributed by atoms with Crippen LogP contribution < -0.4 is 0 Å². The number of aliphatic hydroxyl groups excluding tert-OH is 1. The second-order valence-electron chi connectivity index (χ2n) is 3.44. The molecule has 0 spiro atoms. The van der Waals surface area contributed by atoms with Crippen molar-refractivity contribution >= 4 is 12.3 Å². The number of esters is 1. The van der Waals surface area contributed by atoms with Crippen LogP contribution in [0.1, 0.15) is 25.7 Å². The van der Waals surface area contributed by atoms with E-state index in [1.165, 1.54) is 0 Å². The Hall–Kier alpha value is -0.940. The zero-order valence-electron chi connectivity index (χ0n) is 10.4. The standard InChI is InChI=1S/C10H19NO3.CH4O/c1-11(2)7-6-10(13)14-9-5-3-4-8-12;1-2/h8H,3-7,9H2,1-2H3;2H,1H3. The normalized spacial score (nSPS) is 9.31. The van der Waals surface area contributed by atoms with Crippen molar-refractivity contribution < 1.29 is 19.4 Å². The Morgan fingerprint density at radius 3 is 2.44 bits per heavy atom. The van der Waals surface area contributed by atoms with Gasteiger partial charge in [-0.3, -0.25) is 4.79 Å². The molecule has 0 radical (unpaired) electrons. The van der Waals surface area contributed by atoms with Crippen molar-refractivity contribution in [3.8, 4) is 0 Å². The zero-order valence-corrected chi connectivity index (χ0v) is 10.4. The minimum atomic E-state index is -0.162. The van der Waals surface area contributed by atoms with Crippen LogP contribution in [-0.2, 0) is 14.3 Å². The SMILES string of the molecule is CN(C)CCC(=O)OCCCCC=O.CO. The van der Waals surface area contributed by atoms with Gasteiger partial charge in [-0.1, -0.05) is 0 Å². The van der Waals surface area contributed by atoms with E-state index in [-0.39, 0.29) is 5.97 Å². The number of aliphatic hydroxyl groups is 1. The van der Waals surface area contributed by atoms with Crippen molar-refractivity contribution in [3.63, 3.8) is 0 Å². The van der Waals surface area contributed by atoms with E-state index < -0.39 is 0 Å². The molecule has 0 saturated heterocycles. The summed E-state index contributed by atoms with van der Waals surface area (Å²) in [5, 5.41) is 7.00. The Morgan fingerprint density at radius 1 is 1.31 bits per heavy atom. The molecule has 0 atom stereocenters. The average molecular weight is 233 g/mol. The van der Waals surface area contributed by atoms with E-state index in [9.17, 15) is 9.59 Å². The molecule has 0 aliphatic rings. The number of carbonyl (C=O) groups excluding carboxylic acids is 2. The summed E-state index contributed by atoms with van der Waals surface area (Å²) in [7, 11) is 4.83. The van der Waals surface area contributed by atoms with Crippen molar-refractivity contribution in [2.45, 2.75) is 25.7 Å². The number of ether oxygens (including phenoxy) is 1. The molecule has 5 nitrogen and oxygen atoms in total. The first kappa shape index (κ1) is 17.5. The minimum Gasteiger partial charge on any atom is -0.466 e. The monoisotopic (exact) mass is 233 g/mol. The number of unbranched alkanes of at least 4 members (excludes halogenated alkanes) is 2. The van der Waals surface area contributed by atoms with E-state index >= 15 is 0 Å². The smallest absolute Gasteiger partial charge is 0.307 e. The first-order valence-electron chi connectivity index (χ1n) is 5.35. The third-order valence-corrected chi connectivity index (χ3v) is 1.74. The van der Waals surface area contributed by atoms with Gasteiger partial charge in [-0.25, -0.2) is 0 Å². The largest absolute Gasteiger partial charge is 0.466 e. The second kappa shape index (κ2) is 14.1. The molecule has 0 fully saturated rings. The summed E-state index contributed by atoms with van der Waals surface area (Å²) in [6.45, 7) is 1.15. The van der Waals surface area contributed by atoms with E-state index in [0.29, 0.717) is 26.0 Å². The quantitative estimate of drug-likeness (QED) is 0.375. The molecule has 0 rings (SSSR count). The molecule has 0 unspecified atom stereocenters. The van der Waals surface area contributed by atoms with Crippen LogP contribution in [0.5, 0.6) is 0 Å². The van der Waals surface area contributed by atoms with Crippen molar-refractivity contribution in [1.82, 2.24) is 4.90 Å². The second-order valence-corrected chi connectivity index (χ2v) is 3.44. The summed E-state index contributed by atoms with van der Waals surface area (Å²) >= 11 is 0. The number of nitrogens with zero attached hydrogens (tertiary/aromatic N) is 1. The maximum atomic E-state index is 11.1. The predicted octanol–water partition coefficient (Wildman–Crippen LogP) is 0.459. The van der Waals surface area contributed by atoms with Crippen molar-refractivity contribution in [3.05, 3.63) is 0 Å². The van der Waals surface area contributed by atoms with Gasteiger partial charge in [-0.05, 0) is 26.9 Å². The van der Waals surface area contributed by atoms with Crippen LogP contribution >= 0.6 is 0 Å². The van der Waals surface area contributed by atoms with Gasteiger partial charge in [0.25, 0.3) is 0 Å². The van der Waals surface area contributed by atoms with Gasteiger partial charge in [-0.15, -0.1) is 0 Å². The number of hydrogen-bond acceptors (Lipinski definition) is 5. The summed E-state index contributed by atoms with van der Waals surface area (Å²) < 4.78 is 4.96. The van der Waals surface area contributed by atoms with Crippen molar-refractivity contribution in [2.24, 2.45) is 0 Å². The van der Waals surface area contributed by atoms with E-state index in [0.717, 1.165) is 26.2 Å². The lowest BCUT2D eigenvalue weighted by molar-refractivity contribution is -0.144. The van der Waals surface area contributed by atoms with Gasteiger partial charge in [0.1, 0.15) is 6.29 Å². The Labute approximate surface area is 97.4 Å². The Morgan fingerprint density at radius 2 is 1.94 bits per heavy atom. The highest BCUT2D eigenvalue weighted by molar-refractivity contribution is 5.69. The predicted molar refractivity (Wildman–Crippen MR) is 62.2 cm³/mol. The van der Waals surface area contributed by atoms with Crippen LogP contribution in [0.25, 0.3) is 0 Å². The van der Waals surface area contributed by atoms with Gasteiger partial charge in [0.05, 0.1) is 13.0 Å². The molecule has 0 aromatic heterocycles. The average Bonchev–Trinajstić information content (AvgIpc) is 2.29. The molecule has 0 amide bonds. The van der Waals surface area contributed by atoms with E-state index in [2.05, 4.69) is 0 Å². The first-order valence-corrected chi connectivity index (χ1v) is 5.35. The highest BCUT2D eigenvalue weighted by Gasteiger charge is 2.02. The van der Waals surface area contributed by atoms with Gasteiger partial charge >= 0.3 is 5.97 Å². The van der Waals surface area contributed by atoms with Crippen LogP contribution in [0, 0.1) is 0 Å². The number of aldehydes is 1. The molecule has 96 valence electrons. The molecule has 1 N–H and O–H groups in total. The Kier molecular flexibility index (Phi) is 15.3. The number of hydrogen-bond donors (Lipinski definition) is 1. The molecule has 0 bridgehead atoms. The lowest BCUT2D eigenvalue weighted by atomic mass is 10.3. The molecular formula is C11H23NO4. The molecule has 0 heterocycles. The van der Waals surface area contributed by atoms with Gasteiger partial charge in [-0.2, -0.15) is 0 Å². The van der Waals surface area contributed by atoms with Crippen LogP contribution in [0.3, 0.4) is 0 Å². The fourth-order valence-electron chi connectivity index (χ4n) is 0.903. The minimum absolute atomic E-state index is 0.162. The molecule has 0 aliphatic carbocycles. The first-order chi connectivity index (χ1) is 7.66. The Balaban J connectivity index is 0. The fourth-order valence-corrected chi connectivity index (χ4v) is 0.903. The molecular weight excluding hydrogens is 210 g/mol. The van der Waals surface area contributed by atoms with Gasteiger partial charge in [0.2, 0.25) is 0 Å². The van der Waals surface area contributed by atoms with E-state index in [1.54, 1.807) is 0 Å². The maximum absolute atomic E-state index is 11.1. The lowest BCUT2D eigenvalue weighted by Crippen LogP contribution is -2.18. The maximum Gasteiger partial charge on any atom is 0.307 e. The summed E-state index contributed by atoms with van der Waals surface area (Å²) in [4.78, 5) is 23.0. The van der Waals surface area contributed by atoms with Crippen LogP contribution in [-0.4, -0.2) is 56.6 Å². The Bertz CT molecular complexity index is 171.